The lowest BCUT2D eigenvalue weighted by molar-refractivity contribution is 0.494. The maximum atomic E-state index is 4.41. The Bertz CT molecular complexity index is 317. The predicted molar refractivity (Wildman–Crippen MR) is 62.5 cm³/mol. The Labute approximate surface area is 93.5 Å². The highest BCUT2D eigenvalue weighted by atomic mass is 79.9. The lowest BCUT2D eigenvalue weighted by Gasteiger charge is -2.18. The van der Waals surface area contributed by atoms with Gasteiger partial charge in [-0.25, -0.2) is 4.98 Å². The fourth-order valence-corrected chi connectivity index (χ4v) is 2.42. The molecule has 2 heterocycles. The fraction of sp³-hybridized carbons (Fsp3) is 0.545. The molecule has 0 bridgehead atoms. The Morgan fingerprint density at radius 2 is 2.00 bits per heavy atom. The molecule has 76 valence electrons. The highest BCUT2D eigenvalue weighted by molar-refractivity contribution is 9.10. The van der Waals surface area contributed by atoms with E-state index in [2.05, 4.69) is 45.7 Å². The molecule has 2 rings (SSSR count). The zero-order valence-corrected chi connectivity index (χ0v) is 10.2. The van der Waals surface area contributed by atoms with Crippen LogP contribution in [-0.4, -0.2) is 18.1 Å². The van der Waals surface area contributed by atoms with E-state index in [0.29, 0.717) is 0 Å². The highest BCUT2D eigenvalue weighted by Crippen LogP contribution is 2.30. The van der Waals surface area contributed by atoms with Gasteiger partial charge in [0.05, 0.1) is 4.47 Å². The summed E-state index contributed by atoms with van der Waals surface area (Å²) in [7, 11) is 0. The summed E-state index contributed by atoms with van der Waals surface area (Å²) in [6.45, 7) is 6.86. The number of hydrogen-bond acceptors (Lipinski definition) is 2. The maximum Gasteiger partial charge on any atom is 0.142 e. The SMILES string of the molecule is CC1CN(c2ncccc2Br)CC1C. The highest BCUT2D eigenvalue weighted by Gasteiger charge is 2.27. The number of hydrogen-bond donors (Lipinski definition) is 0. The summed E-state index contributed by atoms with van der Waals surface area (Å²) in [5, 5.41) is 0. The Morgan fingerprint density at radius 3 is 2.57 bits per heavy atom. The van der Waals surface area contributed by atoms with Gasteiger partial charge in [0.2, 0.25) is 0 Å². The van der Waals surface area contributed by atoms with Crippen molar-refractivity contribution in [3.8, 4) is 0 Å². The van der Waals surface area contributed by atoms with Crippen LogP contribution < -0.4 is 4.90 Å². The van der Waals surface area contributed by atoms with Crippen molar-refractivity contribution in [1.29, 1.82) is 0 Å². The van der Waals surface area contributed by atoms with E-state index in [1.807, 2.05) is 12.3 Å². The van der Waals surface area contributed by atoms with Crippen molar-refractivity contribution < 1.29 is 0 Å². The van der Waals surface area contributed by atoms with Crippen LogP contribution in [0.2, 0.25) is 0 Å². The van der Waals surface area contributed by atoms with Crippen molar-refractivity contribution in [2.24, 2.45) is 11.8 Å². The maximum absolute atomic E-state index is 4.41. The molecule has 0 amide bonds. The minimum Gasteiger partial charge on any atom is -0.355 e. The molecular formula is C11H15BrN2. The van der Waals surface area contributed by atoms with E-state index in [4.69, 9.17) is 0 Å². The molecule has 0 spiro atoms. The molecule has 1 fully saturated rings. The minimum absolute atomic E-state index is 0.768. The van der Waals surface area contributed by atoms with Gasteiger partial charge in [-0.3, -0.25) is 0 Å². The van der Waals surface area contributed by atoms with Crippen LogP contribution >= 0.6 is 15.9 Å². The molecule has 0 aromatic carbocycles. The second kappa shape index (κ2) is 3.89. The first kappa shape index (κ1) is 9.97. The molecule has 0 saturated carbocycles. The van der Waals surface area contributed by atoms with Crippen LogP contribution in [0.25, 0.3) is 0 Å². The second-order valence-corrected chi connectivity index (χ2v) is 5.02. The van der Waals surface area contributed by atoms with E-state index in [9.17, 15) is 0 Å². The van der Waals surface area contributed by atoms with Gasteiger partial charge in [0, 0.05) is 19.3 Å². The molecule has 2 unspecified atom stereocenters. The van der Waals surface area contributed by atoms with Crippen LogP contribution in [-0.2, 0) is 0 Å². The Hall–Kier alpha value is -0.570. The summed E-state index contributed by atoms with van der Waals surface area (Å²) in [6, 6.07) is 4.01. The van der Waals surface area contributed by atoms with Gasteiger partial charge in [-0.15, -0.1) is 0 Å². The summed E-state index contributed by atoms with van der Waals surface area (Å²) in [5.74, 6) is 2.62. The summed E-state index contributed by atoms with van der Waals surface area (Å²) >= 11 is 3.54. The van der Waals surface area contributed by atoms with Gasteiger partial charge < -0.3 is 4.90 Å². The van der Waals surface area contributed by atoms with Gasteiger partial charge in [-0.05, 0) is 39.9 Å². The Morgan fingerprint density at radius 1 is 1.36 bits per heavy atom. The monoisotopic (exact) mass is 254 g/mol. The van der Waals surface area contributed by atoms with Gasteiger partial charge in [0.1, 0.15) is 5.82 Å². The number of pyridine rings is 1. The van der Waals surface area contributed by atoms with Crippen LogP contribution in [0.5, 0.6) is 0 Å². The summed E-state index contributed by atoms with van der Waals surface area (Å²) in [5.41, 5.74) is 0. The number of halogens is 1. The van der Waals surface area contributed by atoms with Crippen LogP contribution in [0, 0.1) is 11.8 Å². The molecular weight excluding hydrogens is 240 g/mol. The molecule has 1 aliphatic heterocycles. The van der Waals surface area contributed by atoms with E-state index in [-0.39, 0.29) is 0 Å². The third-order valence-electron chi connectivity index (χ3n) is 3.03. The normalized spacial score (nSPS) is 26.9. The van der Waals surface area contributed by atoms with Crippen LogP contribution in [0.1, 0.15) is 13.8 Å². The standard InChI is InChI=1S/C11H15BrN2/c1-8-6-14(7-9(8)2)11-10(12)4-3-5-13-11/h3-5,8-9H,6-7H2,1-2H3. The lowest BCUT2D eigenvalue weighted by atomic mass is 10.0. The third-order valence-corrected chi connectivity index (χ3v) is 3.65. The molecule has 2 atom stereocenters. The van der Waals surface area contributed by atoms with Crippen molar-refractivity contribution in [2.45, 2.75) is 13.8 Å². The van der Waals surface area contributed by atoms with Gasteiger partial charge >= 0.3 is 0 Å². The summed E-state index contributed by atoms with van der Waals surface area (Å²) in [6.07, 6.45) is 1.85. The summed E-state index contributed by atoms with van der Waals surface area (Å²) < 4.78 is 1.10. The molecule has 0 radical (unpaired) electrons. The molecule has 0 N–H and O–H groups in total. The molecule has 1 aliphatic rings. The predicted octanol–water partition coefficient (Wildman–Crippen LogP) is 2.94. The van der Waals surface area contributed by atoms with Gasteiger partial charge in [0.15, 0.2) is 0 Å². The molecule has 0 aliphatic carbocycles. The van der Waals surface area contributed by atoms with E-state index < -0.39 is 0 Å². The molecule has 2 nitrogen and oxygen atoms in total. The smallest absolute Gasteiger partial charge is 0.142 e. The largest absolute Gasteiger partial charge is 0.355 e. The quantitative estimate of drug-likeness (QED) is 0.767. The molecule has 1 aromatic heterocycles. The second-order valence-electron chi connectivity index (χ2n) is 4.17. The van der Waals surface area contributed by atoms with Crippen molar-refractivity contribution in [1.82, 2.24) is 4.98 Å². The van der Waals surface area contributed by atoms with Crippen molar-refractivity contribution >= 4 is 21.7 Å². The average Bonchev–Trinajstić information content (AvgIpc) is 2.48. The van der Waals surface area contributed by atoms with Crippen molar-refractivity contribution in [2.75, 3.05) is 18.0 Å². The number of anilines is 1. The summed E-state index contributed by atoms with van der Waals surface area (Å²) in [4.78, 5) is 6.77. The van der Waals surface area contributed by atoms with E-state index in [0.717, 1.165) is 35.2 Å². The number of rotatable bonds is 1. The number of aromatic nitrogens is 1. The van der Waals surface area contributed by atoms with Gasteiger partial charge in [-0.2, -0.15) is 0 Å². The van der Waals surface area contributed by atoms with Crippen molar-refractivity contribution in [3.05, 3.63) is 22.8 Å². The van der Waals surface area contributed by atoms with Gasteiger partial charge in [0.25, 0.3) is 0 Å². The third kappa shape index (κ3) is 1.78. The van der Waals surface area contributed by atoms with Crippen LogP contribution in [0.4, 0.5) is 5.82 Å². The molecule has 14 heavy (non-hydrogen) atoms. The topological polar surface area (TPSA) is 16.1 Å². The molecule has 1 aromatic rings. The first-order valence-electron chi connectivity index (χ1n) is 5.04. The molecule has 1 saturated heterocycles. The first-order valence-corrected chi connectivity index (χ1v) is 5.83. The van der Waals surface area contributed by atoms with Crippen molar-refractivity contribution in [3.63, 3.8) is 0 Å². The first-order chi connectivity index (χ1) is 6.68. The van der Waals surface area contributed by atoms with Gasteiger partial charge in [-0.1, -0.05) is 13.8 Å². The zero-order valence-electron chi connectivity index (χ0n) is 8.57. The fourth-order valence-electron chi connectivity index (χ4n) is 1.91. The van der Waals surface area contributed by atoms with E-state index in [1.165, 1.54) is 0 Å². The van der Waals surface area contributed by atoms with E-state index in [1.54, 1.807) is 0 Å². The Balaban J connectivity index is 2.21. The zero-order chi connectivity index (χ0) is 10.1. The van der Waals surface area contributed by atoms with E-state index >= 15 is 0 Å². The van der Waals surface area contributed by atoms with Crippen LogP contribution in [0.3, 0.4) is 0 Å². The minimum atomic E-state index is 0.768. The van der Waals surface area contributed by atoms with Crippen LogP contribution in [0.15, 0.2) is 22.8 Å². The lowest BCUT2D eigenvalue weighted by Crippen LogP contribution is -2.21. The molecule has 3 heteroatoms. The average molecular weight is 255 g/mol. The Kier molecular flexibility index (Phi) is 2.77. The number of nitrogens with zero attached hydrogens (tertiary/aromatic N) is 2.